The molecule has 2 heterocycles. The van der Waals surface area contributed by atoms with Crippen LogP contribution in [-0.4, -0.2) is 44.7 Å². The number of aromatic nitrogens is 3. The van der Waals surface area contributed by atoms with Gasteiger partial charge in [0.1, 0.15) is 0 Å². The average molecular weight is 487 g/mol. The Balaban J connectivity index is 1.36. The third kappa shape index (κ3) is 5.33. The van der Waals surface area contributed by atoms with Gasteiger partial charge >= 0.3 is 0 Å². The fourth-order valence-electron chi connectivity index (χ4n) is 3.96. The summed E-state index contributed by atoms with van der Waals surface area (Å²) in [4.78, 5) is 14.9. The predicted octanol–water partition coefficient (Wildman–Crippen LogP) is 4.86. The molecule has 8 heteroatoms. The molecule has 7 nitrogen and oxygen atoms in total. The highest BCUT2D eigenvalue weighted by atomic mass is 32.2. The van der Waals surface area contributed by atoms with Crippen molar-refractivity contribution in [1.82, 2.24) is 19.7 Å². The molecule has 0 aliphatic carbocycles. The summed E-state index contributed by atoms with van der Waals surface area (Å²) in [6.45, 7) is 4.02. The van der Waals surface area contributed by atoms with E-state index in [2.05, 4.69) is 14.8 Å². The first-order chi connectivity index (χ1) is 17.2. The van der Waals surface area contributed by atoms with E-state index in [4.69, 9.17) is 9.47 Å². The summed E-state index contributed by atoms with van der Waals surface area (Å²) in [6, 6.07) is 25.9. The number of hydrogen-bond donors (Lipinski definition) is 0. The Morgan fingerprint density at radius 3 is 2.46 bits per heavy atom. The van der Waals surface area contributed by atoms with Crippen LogP contribution < -0.4 is 9.47 Å². The fourth-order valence-corrected chi connectivity index (χ4v) is 4.80. The lowest BCUT2D eigenvalue weighted by Crippen LogP contribution is -2.31. The van der Waals surface area contributed by atoms with Crippen molar-refractivity contribution in [2.45, 2.75) is 25.2 Å². The van der Waals surface area contributed by atoms with Crippen molar-refractivity contribution < 1.29 is 14.3 Å². The van der Waals surface area contributed by atoms with Crippen LogP contribution in [0.4, 0.5) is 0 Å². The molecule has 4 aromatic rings. The van der Waals surface area contributed by atoms with Crippen molar-refractivity contribution in [2.24, 2.45) is 0 Å². The van der Waals surface area contributed by atoms with E-state index in [1.165, 1.54) is 11.8 Å². The van der Waals surface area contributed by atoms with E-state index in [0.29, 0.717) is 24.8 Å². The number of fused-ring (bicyclic) bond motifs is 1. The number of nitrogens with zero attached hydrogens (tertiary/aromatic N) is 4. The van der Waals surface area contributed by atoms with Gasteiger partial charge in [-0.15, -0.1) is 10.2 Å². The Bertz CT molecular complexity index is 1290. The highest BCUT2D eigenvalue weighted by Gasteiger charge is 2.20. The first-order valence-electron chi connectivity index (χ1n) is 11.5. The summed E-state index contributed by atoms with van der Waals surface area (Å²) >= 11 is 1.41. The SMILES string of the molecule is CCN(Cc1ccccc1)C(=O)CSc1nnc(-c2ccccc2)n1Cc1ccc2c(c1)OCO2. The largest absolute Gasteiger partial charge is 0.454 e. The zero-order chi connectivity index (χ0) is 24.0. The van der Waals surface area contributed by atoms with Crippen LogP contribution in [0.1, 0.15) is 18.1 Å². The number of thioether (sulfide) groups is 1. The normalized spacial score (nSPS) is 12.0. The van der Waals surface area contributed by atoms with Gasteiger partial charge < -0.3 is 14.4 Å². The van der Waals surface area contributed by atoms with Gasteiger partial charge in [0.15, 0.2) is 22.5 Å². The standard InChI is InChI=1S/C27H26N4O3S/c1-2-30(16-20-9-5-3-6-10-20)25(32)18-35-27-29-28-26(22-11-7-4-8-12-22)31(27)17-21-13-14-23-24(15-21)34-19-33-23/h3-15H,2,16-19H2,1H3. The van der Waals surface area contributed by atoms with Crippen LogP contribution in [0.5, 0.6) is 11.5 Å². The molecule has 3 aromatic carbocycles. The van der Waals surface area contributed by atoms with Gasteiger partial charge in [-0.25, -0.2) is 0 Å². The lowest BCUT2D eigenvalue weighted by Gasteiger charge is -2.21. The van der Waals surface area contributed by atoms with Gasteiger partial charge in [-0.1, -0.05) is 78.5 Å². The van der Waals surface area contributed by atoms with E-state index in [0.717, 1.165) is 34.0 Å². The van der Waals surface area contributed by atoms with Crippen molar-refractivity contribution in [3.05, 3.63) is 90.0 Å². The predicted molar refractivity (Wildman–Crippen MR) is 135 cm³/mol. The monoisotopic (exact) mass is 486 g/mol. The van der Waals surface area contributed by atoms with Crippen molar-refractivity contribution >= 4 is 17.7 Å². The van der Waals surface area contributed by atoms with E-state index in [9.17, 15) is 4.79 Å². The molecule has 0 fully saturated rings. The zero-order valence-corrected chi connectivity index (χ0v) is 20.3. The molecule has 0 spiro atoms. The number of carbonyl (C=O) groups excluding carboxylic acids is 1. The van der Waals surface area contributed by atoms with Crippen LogP contribution in [0.15, 0.2) is 84.0 Å². The molecule has 1 aromatic heterocycles. The molecule has 1 aliphatic rings. The number of ether oxygens (including phenoxy) is 2. The number of amides is 1. The molecular weight excluding hydrogens is 460 g/mol. The Labute approximate surface area is 208 Å². The molecule has 0 saturated heterocycles. The number of hydrogen-bond acceptors (Lipinski definition) is 6. The molecule has 1 aliphatic heterocycles. The van der Waals surface area contributed by atoms with E-state index in [1.807, 2.05) is 90.7 Å². The van der Waals surface area contributed by atoms with Crippen molar-refractivity contribution in [3.8, 4) is 22.9 Å². The second-order valence-electron chi connectivity index (χ2n) is 8.13. The molecular formula is C27H26N4O3S. The van der Waals surface area contributed by atoms with Crippen LogP contribution in [0.3, 0.4) is 0 Å². The van der Waals surface area contributed by atoms with Gasteiger partial charge in [0.25, 0.3) is 0 Å². The van der Waals surface area contributed by atoms with Crippen LogP contribution in [0.25, 0.3) is 11.4 Å². The number of carbonyl (C=O) groups is 1. The van der Waals surface area contributed by atoms with Crippen molar-refractivity contribution in [1.29, 1.82) is 0 Å². The van der Waals surface area contributed by atoms with Gasteiger partial charge in [-0.05, 0) is 30.2 Å². The molecule has 178 valence electrons. The molecule has 0 bridgehead atoms. The van der Waals surface area contributed by atoms with Crippen LogP contribution in [0, 0.1) is 0 Å². The topological polar surface area (TPSA) is 69.5 Å². The maximum Gasteiger partial charge on any atom is 0.233 e. The average Bonchev–Trinajstić information content (AvgIpc) is 3.53. The third-order valence-electron chi connectivity index (χ3n) is 5.80. The summed E-state index contributed by atoms with van der Waals surface area (Å²) in [7, 11) is 0. The fraction of sp³-hybridized carbons (Fsp3) is 0.222. The molecule has 0 radical (unpaired) electrons. The molecule has 35 heavy (non-hydrogen) atoms. The van der Waals surface area contributed by atoms with Crippen LogP contribution >= 0.6 is 11.8 Å². The molecule has 0 atom stereocenters. The minimum Gasteiger partial charge on any atom is -0.454 e. The third-order valence-corrected chi connectivity index (χ3v) is 6.75. The molecule has 1 amide bonds. The Morgan fingerprint density at radius 2 is 1.69 bits per heavy atom. The van der Waals surface area contributed by atoms with E-state index in [-0.39, 0.29) is 18.5 Å². The van der Waals surface area contributed by atoms with Gasteiger partial charge in [0.2, 0.25) is 12.7 Å². The minimum atomic E-state index is 0.0697. The summed E-state index contributed by atoms with van der Waals surface area (Å²) < 4.78 is 13.1. The van der Waals surface area contributed by atoms with Crippen molar-refractivity contribution in [2.75, 3.05) is 19.1 Å². The Hall–Kier alpha value is -3.78. The lowest BCUT2D eigenvalue weighted by molar-refractivity contribution is -0.128. The smallest absolute Gasteiger partial charge is 0.233 e. The van der Waals surface area contributed by atoms with Crippen LogP contribution in [0.2, 0.25) is 0 Å². The first-order valence-corrected chi connectivity index (χ1v) is 12.5. The molecule has 0 N–H and O–H groups in total. The highest BCUT2D eigenvalue weighted by molar-refractivity contribution is 7.99. The summed E-state index contributed by atoms with van der Waals surface area (Å²) in [5, 5.41) is 9.63. The first kappa shape index (κ1) is 23.0. The zero-order valence-electron chi connectivity index (χ0n) is 19.5. The summed E-state index contributed by atoms with van der Waals surface area (Å²) in [5.74, 6) is 2.60. The maximum atomic E-state index is 13.0. The molecule has 0 saturated carbocycles. The van der Waals surface area contributed by atoms with E-state index < -0.39 is 0 Å². The molecule has 5 rings (SSSR count). The second-order valence-corrected chi connectivity index (χ2v) is 9.07. The quantitative estimate of drug-likeness (QED) is 0.315. The van der Waals surface area contributed by atoms with Crippen molar-refractivity contribution in [3.63, 3.8) is 0 Å². The van der Waals surface area contributed by atoms with Gasteiger partial charge in [-0.2, -0.15) is 0 Å². The number of rotatable bonds is 9. The van der Waals surface area contributed by atoms with E-state index in [1.54, 1.807) is 0 Å². The Kier molecular flexibility index (Phi) is 6.99. The van der Waals surface area contributed by atoms with E-state index >= 15 is 0 Å². The van der Waals surface area contributed by atoms with Gasteiger partial charge in [-0.3, -0.25) is 9.36 Å². The number of benzene rings is 3. The van der Waals surface area contributed by atoms with Crippen LogP contribution in [-0.2, 0) is 17.9 Å². The summed E-state index contributed by atoms with van der Waals surface area (Å²) in [6.07, 6.45) is 0. The lowest BCUT2D eigenvalue weighted by atomic mass is 10.2. The Morgan fingerprint density at radius 1 is 0.943 bits per heavy atom. The highest BCUT2D eigenvalue weighted by Crippen LogP contribution is 2.33. The summed E-state index contributed by atoms with van der Waals surface area (Å²) in [5.41, 5.74) is 3.13. The maximum absolute atomic E-state index is 13.0. The minimum absolute atomic E-state index is 0.0697. The van der Waals surface area contributed by atoms with Gasteiger partial charge in [0.05, 0.1) is 12.3 Å². The second kappa shape index (κ2) is 10.7. The van der Waals surface area contributed by atoms with Gasteiger partial charge in [0, 0.05) is 18.7 Å². The molecule has 0 unspecified atom stereocenters.